The summed E-state index contributed by atoms with van der Waals surface area (Å²) in [5, 5.41) is 6.79. The first kappa shape index (κ1) is 18.2. The van der Waals surface area contributed by atoms with Crippen molar-refractivity contribution < 1.29 is 4.79 Å². The van der Waals surface area contributed by atoms with Crippen molar-refractivity contribution in [3.05, 3.63) is 106 Å². The van der Waals surface area contributed by atoms with Crippen molar-refractivity contribution in [2.24, 2.45) is 5.92 Å². The van der Waals surface area contributed by atoms with E-state index in [9.17, 15) is 4.79 Å². The highest BCUT2D eigenvalue weighted by Crippen LogP contribution is 2.50. The van der Waals surface area contributed by atoms with Crippen molar-refractivity contribution in [3.8, 4) is 0 Å². The molecule has 0 fully saturated rings. The van der Waals surface area contributed by atoms with Crippen LogP contribution in [0.3, 0.4) is 0 Å². The summed E-state index contributed by atoms with van der Waals surface area (Å²) >= 11 is 3.53. The molecule has 4 heteroatoms. The van der Waals surface area contributed by atoms with Crippen LogP contribution in [0, 0.1) is 5.92 Å². The van der Waals surface area contributed by atoms with Gasteiger partial charge < -0.3 is 10.6 Å². The minimum Gasteiger partial charge on any atom is -0.378 e. The molecule has 1 aliphatic heterocycles. The number of benzene rings is 3. The molecular weight excluding hydrogens is 424 g/mol. The second-order valence-corrected chi connectivity index (χ2v) is 8.56. The van der Waals surface area contributed by atoms with E-state index in [2.05, 4.69) is 75.1 Å². The highest BCUT2D eigenvalue weighted by Gasteiger charge is 2.37. The number of nitrogens with one attached hydrogen (secondary N) is 2. The van der Waals surface area contributed by atoms with Gasteiger partial charge in [0, 0.05) is 27.3 Å². The Morgan fingerprint density at radius 1 is 1.00 bits per heavy atom. The van der Waals surface area contributed by atoms with Crippen LogP contribution >= 0.6 is 15.9 Å². The number of amides is 1. The van der Waals surface area contributed by atoms with E-state index in [0.29, 0.717) is 17.4 Å². The van der Waals surface area contributed by atoms with Crippen molar-refractivity contribution in [2.75, 3.05) is 10.6 Å². The third kappa shape index (κ3) is 3.49. The van der Waals surface area contributed by atoms with Crippen LogP contribution in [0.1, 0.15) is 39.9 Å². The van der Waals surface area contributed by atoms with Crippen molar-refractivity contribution >= 4 is 33.2 Å². The molecule has 1 aliphatic carbocycles. The molecule has 3 aromatic rings. The summed E-state index contributed by atoms with van der Waals surface area (Å²) in [6.45, 7) is 0. The van der Waals surface area contributed by atoms with E-state index in [-0.39, 0.29) is 11.9 Å². The fraction of sp³-hybridized carbons (Fsp3) is 0.160. The number of rotatable bonds is 3. The zero-order valence-corrected chi connectivity index (χ0v) is 17.4. The smallest absolute Gasteiger partial charge is 0.255 e. The lowest BCUT2D eigenvalue weighted by molar-refractivity contribution is 0.102. The number of fused-ring (bicyclic) bond motifs is 3. The number of allylic oxidation sites excluding steroid dienone is 2. The number of hydrogen-bond acceptors (Lipinski definition) is 2. The lowest BCUT2D eigenvalue weighted by Crippen LogP contribution is -2.29. The van der Waals surface area contributed by atoms with E-state index in [4.69, 9.17) is 0 Å². The van der Waals surface area contributed by atoms with E-state index < -0.39 is 0 Å². The molecule has 0 saturated carbocycles. The molecule has 0 aromatic heterocycles. The minimum absolute atomic E-state index is 0.0828. The van der Waals surface area contributed by atoms with Gasteiger partial charge in [0.05, 0.1) is 6.04 Å². The average Bonchev–Trinajstić information content (AvgIpc) is 3.25. The van der Waals surface area contributed by atoms with E-state index in [0.717, 1.165) is 22.3 Å². The molecule has 0 radical (unpaired) electrons. The molecule has 2 N–H and O–H groups in total. The summed E-state index contributed by atoms with van der Waals surface area (Å²) in [7, 11) is 0. The Hall–Kier alpha value is -2.85. The van der Waals surface area contributed by atoms with Gasteiger partial charge in [0.25, 0.3) is 5.91 Å². The van der Waals surface area contributed by atoms with Crippen LogP contribution < -0.4 is 10.6 Å². The predicted molar refractivity (Wildman–Crippen MR) is 121 cm³/mol. The van der Waals surface area contributed by atoms with E-state index >= 15 is 0 Å². The Bertz CT molecular complexity index is 1080. The molecule has 29 heavy (non-hydrogen) atoms. The van der Waals surface area contributed by atoms with Gasteiger partial charge in [-0.15, -0.1) is 0 Å². The zero-order chi connectivity index (χ0) is 19.8. The third-order valence-electron chi connectivity index (χ3n) is 5.89. The van der Waals surface area contributed by atoms with Crippen molar-refractivity contribution in [1.29, 1.82) is 0 Å². The zero-order valence-electron chi connectivity index (χ0n) is 15.8. The second kappa shape index (κ2) is 7.53. The van der Waals surface area contributed by atoms with Gasteiger partial charge >= 0.3 is 0 Å². The number of halogens is 1. The molecule has 3 aromatic carbocycles. The van der Waals surface area contributed by atoms with Gasteiger partial charge in [0.1, 0.15) is 0 Å². The van der Waals surface area contributed by atoms with Gasteiger partial charge in [0.15, 0.2) is 0 Å². The Kier molecular flexibility index (Phi) is 4.72. The van der Waals surface area contributed by atoms with Gasteiger partial charge in [-0.25, -0.2) is 0 Å². The Morgan fingerprint density at radius 3 is 2.59 bits per heavy atom. The molecule has 0 saturated heterocycles. The number of carbonyl (C=O) groups is 1. The Balaban J connectivity index is 1.44. The molecule has 3 unspecified atom stereocenters. The quantitative estimate of drug-likeness (QED) is 0.450. The molecule has 1 heterocycles. The first-order valence-electron chi connectivity index (χ1n) is 9.88. The normalized spacial score (nSPS) is 21.8. The number of carbonyl (C=O) groups excluding carboxylic acids is 1. The molecule has 1 amide bonds. The summed E-state index contributed by atoms with van der Waals surface area (Å²) in [6.07, 6.45) is 5.66. The topological polar surface area (TPSA) is 41.1 Å². The van der Waals surface area contributed by atoms with Crippen LogP contribution in [0.5, 0.6) is 0 Å². The molecule has 144 valence electrons. The summed E-state index contributed by atoms with van der Waals surface area (Å²) in [6, 6.07) is 24.4. The lowest BCUT2D eigenvalue weighted by atomic mass is 9.77. The maximum atomic E-state index is 12.5. The highest BCUT2D eigenvalue weighted by atomic mass is 79.9. The largest absolute Gasteiger partial charge is 0.378 e. The summed E-state index contributed by atoms with van der Waals surface area (Å²) in [5.74, 6) is 0.748. The molecule has 5 rings (SSSR count). The summed E-state index contributed by atoms with van der Waals surface area (Å²) in [4.78, 5) is 12.5. The van der Waals surface area contributed by atoms with Crippen LogP contribution in [0.2, 0.25) is 0 Å². The lowest BCUT2D eigenvalue weighted by Gasteiger charge is -2.37. The fourth-order valence-electron chi connectivity index (χ4n) is 4.47. The van der Waals surface area contributed by atoms with Crippen LogP contribution in [-0.2, 0) is 0 Å². The van der Waals surface area contributed by atoms with Gasteiger partial charge in [-0.2, -0.15) is 0 Å². The van der Waals surface area contributed by atoms with Gasteiger partial charge in [-0.05, 0) is 65.9 Å². The van der Waals surface area contributed by atoms with E-state index in [1.165, 1.54) is 11.1 Å². The number of hydrogen-bond donors (Lipinski definition) is 2. The van der Waals surface area contributed by atoms with Crippen LogP contribution in [0.25, 0.3) is 0 Å². The van der Waals surface area contributed by atoms with Gasteiger partial charge in [0.2, 0.25) is 0 Å². The second-order valence-electron chi connectivity index (χ2n) is 7.65. The Labute approximate surface area is 179 Å². The maximum absolute atomic E-state index is 12.5. The molecule has 3 atom stereocenters. The summed E-state index contributed by atoms with van der Waals surface area (Å²) in [5.41, 5.74) is 5.20. The Morgan fingerprint density at radius 2 is 1.79 bits per heavy atom. The SMILES string of the molecule is O=C(Nc1ccc2c(c1)C1C=CCC1C(c1ccc(Br)cc1)N2)c1ccccc1. The standard InChI is InChI=1S/C25H21BrN2O/c26-18-11-9-16(10-12-18)24-21-8-4-7-20(21)22-15-19(13-14-23(22)28-24)27-25(29)17-5-2-1-3-6-17/h1-7,9-15,20-21,24,28H,8H2,(H,27,29). The van der Waals surface area contributed by atoms with Crippen molar-refractivity contribution in [2.45, 2.75) is 18.4 Å². The average molecular weight is 445 g/mol. The van der Waals surface area contributed by atoms with Crippen molar-refractivity contribution in [3.63, 3.8) is 0 Å². The summed E-state index contributed by atoms with van der Waals surface area (Å²) < 4.78 is 1.09. The van der Waals surface area contributed by atoms with Crippen LogP contribution in [0.15, 0.2) is 89.4 Å². The molecule has 2 aliphatic rings. The number of anilines is 2. The monoisotopic (exact) mass is 444 g/mol. The molecule has 3 nitrogen and oxygen atoms in total. The van der Waals surface area contributed by atoms with Gasteiger partial charge in [-0.3, -0.25) is 4.79 Å². The third-order valence-corrected chi connectivity index (χ3v) is 6.41. The fourth-order valence-corrected chi connectivity index (χ4v) is 4.73. The van der Waals surface area contributed by atoms with Gasteiger partial charge in [-0.1, -0.05) is 58.4 Å². The molecule has 0 spiro atoms. The van der Waals surface area contributed by atoms with E-state index in [1.54, 1.807) is 0 Å². The molecular formula is C25H21BrN2O. The first-order valence-corrected chi connectivity index (χ1v) is 10.7. The molecule has 0 bridgehead atoms. The van der Waals surface area contributed by atoms with E-state index in [1.807, 2.05) is 36.4 Å². The first-order chi connectivity index (χ1) is 14.2. The van der Waals surface area contributed by atoms with Crippen molar-refractivity contribution in [1.82, 2.24) is 0 Å². The van der Waals surface area contributed by atoms with Crippen LogP contribution in [0.4, 0.5) is 11.4 Å². The maximum Gasteiger partial charge on any atom is 0.255 e. The predicted octanol–water partition coefficient (Wildman–Crippen LogP) is 6.53. The highest BCUT2D eigenvalue weighted by molar-refractivity contribution is 9.10. The minimum atomic E-state index is -0.0828. The van der Waals surface area contributed by atoms with Crippen LogP contribution in [-0.4, -0.2) is 5.91 Å².